The molecule has 1 aliphatic carbocycles. The molecule has 0 spiro atoms. The summed E-state index contributed by atoms with van der Waals surface area (Å²) in [6.07, 6.45) is 2.18. The number of carboxylic acid groups (broad SMARTS) is 1. The molecule has 2 N–H and O–H groups in total. The van der Waals surface area contributed by atoms with Crippen molar-refractivity contribution >= 4 is 34.8 Å². The van der Waals surface area contributed by atoms with E-state index in [1.165, 1.54) is 11.3 Å². The molecule has 0 aromatic carbocycles. The molecule has 2 rings (SSSR count). The molecule has 1 aromatic rings. The second kappa shape index (κ2) is 6.79. The van der Waals surface area contributed by atoms with E-state index in [2.05, 4.69) is 5.32 Å². The van der Waals surface area contributed by atoms with E-state index in [-0.39, 0.29) is 11.9 Å². The van der Waals surface area contributed by atoms with E-state index in [1.54, 1.807) is 6.07 Å². The van der Waals surface area contributed by atoms with Gasteiger partial charge in [-0.05, 0) is 37.8 Å². The highest BCUT2D eigenvalue weighted by Crippen LogP contribution is 2.39. The lowest BCUT2D eigenvalue weighted by molar-refractivity contribution is -0.146. The van der Waals surface area contributed by atoms with Crippen LogP contribution in [0.15, 0.2) is 12.1 Å². The van der Waals surface area contributed by atoms with Crippen LogP contribution in [0.1, 0.15) is 44.0 Å². The van der Waals surface area contributed by atoms with Gasteiger partial charge in [0, 0.05) is 4.88 Å². The predicted molar refractivity (Wildman–Crippen MR) is 83.5 cm³/mol. The van der Waals surface area contributed by atoms with E-state index in [4.69, 9.17) is 11.6 Å². The van der Waals surface area contributed by atoms with Crippen molar-refractivity contribution in [3.63, 3.8) is 0 Å². The van der Waals surface area contributed by atoms with Gasteiger partial charge in [-0.15, -0.1) is 11.3 Å². The third-order valence-corrected chi connectivity index (χ3v) is 5.68. The molecule has 1 aliphatic rings. The third kappa shape index (κ3) is 3.77. The molecular weight excluding hydrogens is 310 g/mol. The monoisotopic (exact) mass is 329 g/mol. The topological polar surface area (TPSA) is 66.4 Å². The average molecular weight is 330 g/mol. The van der Waals surface area contributed by atoms with Crippen LogP contribution >= 0.6 is 22.9 Å². The van der Waals surface area contributed by atoms with Crippen molar-refractivity contribution < 1.29 is 14.7 Å². The van der Waals surface area contributed by atoms with Crippen LogP contribution in [0.2, 0.25) is 4.34 Å². The summed E-state index contributed by atoms with van der Waals surface area (Å²) in [5.41, 5.74) is 0. The van der Waals surface area contributed by atoms with Crippen LogP contribution in [0, 0.1) is 17.8 Å². The van der Waals surface area contributed by atoms with Gasteiger partial charge in [-0.25, -0.2) is 0 Å². The van der Waals surface area contributed by atoms with Crippen molar-refractivity contribution in [3.05, 3.63) is 21.3 Å². The smallest absolute Gasteiger partial charge is 0.307 e. The van der Waals surface area contributed by atoms with Crippen LogP contribution in [0.3, 0.4) is 0 Å². The first kappa shape index (κ1) is 16.3. The maximum atomic E-state index is 12.4. The zero-order chi connectivity index (χ0) is 15.6. The van der Waals surface area contributed by atoms with E-state index in [0.717, 1.165) is 11.3 Å². The fraction of sp³-hybridized carbons (Fsp3) is 0.600. The molecule has 6 heteroatoms. The van der Waals surface area contributed by atoms with Crippen molar-refractivity contribution in [1.29, 1.82) is 0 Å². The number of carbonyl (C=O) groups is 2. The first-order valence-electron chi connectivity index (χ1n) is 7.20. The van der Waals surface area contributed by atoms with Gasteiger partial charge in [-0.1, -0.05) is 24.9 Å². The predicted octanol–water partition coefficient (Wildman–Crippen LogP) is 3.72. The standard InChI is InChI=1S/C15H20ClNO3S/c1-3-9-6-10(11(7-9)15(19)20)14(18)17-8(2)12-4-5-13(16)21-12/h4-5,8-11H,3,6-7H2,1-2H3,(H,17,18)(H,19,20). The number of rotatable bonds is 5. The lowest BCUT2D eigenvalue weighted by Crippen LogP contribution is -2.36. The zero-order valence-corrected chi connectivity index (χ0v) is 13.7. The molecule has 4 nitrogen and oxygen atoms in total. The van der Waals surface area contributed by atoms with Crippen molar-refractivity contribution in [3.8, 4) is 0 Å². The van der Waals surface area contributed by atoms with Crippen molar-refractivity contribution in [2.45, 2.75) is 39.2 Å². The van der Waals surface area contributed by atoms with Crippen LogP contribution in [0.4, 0.5) is 0 Å². The Hall–Kier alpha value is -1.07. The minimum atomic E-state index is -0.863. The summed E-state index contributed by atoms with van der Waals surface area (Å²) in [6.45, 7) is 3.93. The number of carbonyl (C=O) groups excluding carboxylic acids is 1. The van der Waals surface area contributed by atoms with Gasteiger partial charge >= 0.3 is 5.97 Å². The second-order valence-electron chi connectivity index (χ2n) is 5.67. The number of hydrogen-bond donors (Lipinski definition) is 2. The fourth-order valence-electron chi connectivity index (χ4n) is 2.99. The van der Waals surface area contributed by atoms with Gasteiger partial charge in [-0.2, -0.15) is 0 Å². The quantitative estimate of drug-likeness (QED) is 0.865. The van der Waals surface area contributed by atoms with E-state index in [9.17, 15) is 14.7 Å². The summed E-state index contributed by atoms with van der Waals surface area (Å²) < 4.78 is 0.682. The van der Waals surface area contributed by atoms with E-state index >= 15 is 0 Å². The Morgan fingerprint density at radius 3 is 2.62 bits per heavy atom. The molecule has 21 heavy (non-hydrogen) atoms. The van der Waals surface area contributed by atoms with Gasteiger partial charge in [0.15, 0.2) is 0 Å². The molecule has 0 radical (unpaired) electrons. The van der Waals surface area contributed by atoms with Crippen molar-refractivity contribution in [2.24, 2.45) is 17.8 Å². The van der Waals surface area contributed by atoms with Gasteiger partial charge < -0.3 is 10.4 Å². The molecule has 4 atom stereocenters. The zero-order valence-electron chi connectivity index (χ0n) is 12.1. The summed E-state index contributed by atoms with van der Waals surface area (Å²) >= 11 is 7.33. The first-order valence-corrected chi connectivity index (χ1v) is 8.40. The number of amides is 1. The Morgan fingerprint density at radius 1 is 1.43 bits per heavy atom. The molecule has 1 heterocycles. The summed E-state index contributed by atoms with van der Waals surface area (Å²) in [5.74, 6) is -1.68. The van der Waals surface area contributed by atoms with Crippen LogP contribution in [0.25, 0.3) is 0 Å². The SMILES string of the molecule is CCC1CC(C(=O)O)C(C(=O)NC(C)c2ccc(Cl)s2)C1. The molecule has 1 fully saturated rings. The molecule has 1 aromatic heterocycles. The van der Waals surface area contributed by atoms with Crippen LogP contribution in [-0.2, 0) is 9.59 Å². The molecule has 116 valence electrons. The highest BCUT2D eigenvalue weighted by atomic mass is 35.5. The number of hydrogen-bond acceptors (Lipinski definition) is 3. The Balaban J connectivity index is 2.03. The highest BCUT2D eigenvalue weighted by molar-refractivity contribution is 7.16. The van der Waals surface area contributed by atoms with E-state index in [0.29, 0.717) is 23.1 Å². The molecule has 4 unspecified atom stereocenters. The summed E-state index contributed by atoms with van der Waals surface area (Å²) in [4.78, 5) is 24.7. The van der Waals surface area contributed by atoms with Crippen LogP contribution in [-0.4, -0.2) is 17.0 Å². The molecule has 0 aliphatic heterocycles. The van der Waals surface area contributed by atoms with Gasteiger partial charge in [0.05, 0.1) is 22.2 Å². The maximum Gasteiger partial charge on any atom is 0.307 e. The fourth-order valence-corrected chi connectivity index (χ4v) is 4.05. The average Bonchev–Trinajstić information content (AvgIpc) is 3.04. The van der Waals surface area contributed by atoms with Gasteiger partial charge in [0.2, 0.25) is 5.91 Å². The normalized spacial score (nSPS) is 26.5. The number of carboxylic acids is 1. The minimum Gasteiger partial charge on any atom is -0.481 e. The Labute approximate surface area is 133 Å². The Bertz CT molecular complexity index is 531. The van der Waals surface area contributed by atoms with Crippen molar-refractivity contribution in [1.82, 2.24) is 5.32 Å². The van der Waals surface area contributed by atoms with Gasteiger partial charge in [0.1, 0.15) is 0 Å². The molecule has 1 amide bonds. The molecule has 0 bridgehead atoms. The molecular formula is C15H20ClNO3S. The molecule has 1 saturated carbocycles. The van der Waals surface area contributed by atoms with E-state index in [1.807, 2.05) is 19.9 Å². The lowest BCUT2D eigenvalue weighted by atomic mass is 9.95. The lowest BCUT2D eigenvalue weighted by Gasteiger charge is -2.19. The number of halogens is 1. The number of aliphatic carboxylic acids is 1. The van der Waals surface area contributed by atoms with Gasteiger partial charge in [0.25, 0.3) is 0 Å². The van der Waals surface area contributed by atoms with E-state index < -0.39 is 17.8 Å². The third-order valence-electron chi connectivity index (χ3n) is 4.27. The number of thiophene rings is 1. The summed E-state index contributed by atoms with van der Waals surface area (Å²) in [7, 11) is 0. The van der Waals surface area contributed by atoms with Gasteiger partial charge in [-0.3, -0.25) is 9.59 Å². The minimum absolute atomic E-state index is 0.148. The maximum absolute atomic E-state index is 12.4. The van der Waals surface area contributed by atoms with Crippen LogP contribution in [0.5, 0.6) is 0 Å². The number of nitrogens with one attached hydrogen (secondary N) is 1. The van der Waals surface area contributed by atoms with Crippen molar-refractivity contribution in [2.75, 3.05) is 0 Å². The highest BCUT2D eigenvalue weighted by Gasteiger charge is 2.42. The Kier molecular flexibility index (Phi) is 5.27. The summed E-state index contributed by atoms with van der Waals surface area (Å²) in [6, 6.07) is 3.54. The first-order chi connectivity index (χ1) is 9.92. The largest absolute Gasteiger partial charge is 0.481 e. The van der Waals surface area contributed by atoms with Crippen LogP contribution < -0.4 is 5.32 Å². The summed E-state index contributed by atoms with van der Waals surface area (Å²) in [5, 5.41) is 12.2. The molecule has 0 saturated heterocycles. The second-order valence-corrected chi connectivity index (χ2v) is 7.42. The Morgan fingerprint density at radius 2 is 2.10 bits per heavy atom.